The molecule has 0 aromatic heterocycles. The summed E-state index contributed by atoms with van der Waals surface area (Å²) in [6.07, 6.45) is 4.33. The van der Waals surface area contributed by atoms with Gasteiger partial charge in [0.25, 0.3) is 0 Å². The lowest BCUT2D eigenvalue weighted by molar-refractivity contribution is -0.145. The molecule has 156 valence electrons. The number of hydrogen-bond donors (Lipinski definition) is 0. The van der Waals surface area contributed by atoms with Gasteiger partial charge in [-0.25, -0.2) is 4.79 Å². The molecule has 2 saturated heterocycles. The van der Waals surface area contributed by atoms with Gasteiger partial charge in [-0.15, -0.1) is 0 Å². The highest BCUT2D eigenvalue weighted by atomic mass is 16.6. The van der Waals surface area contributed by atoms with Gasteiger partial charge in [-0.2, -0.15) is 0 Å². The highest BCUT2D eigenvalue weighted by Crippen LogP contribution is 2.20. The Morgan fingerprint density at radius 2 is 1.81 bits per heavy atom. The molecular weight excluding hydrogens is 346 g/mol. The Balaban J connectivity index is 1.95. The van der Waals surface area contributed by atoms with Crippen molar-refractivity contribution in [3.8, 4) is 0 Å². The molecule has 2 aliphatic heterocycles. The van der Waals surface area contributed by atoms with E-state index in [1.807, 2.05) is 25.7 Å². The van der Waals surface area contributed by atoms with E-state index in [2.05, 4.69) is 4.90 Å². The van der Waals surface area contributed by atoms with Crippen molar-refractivity contribution in [2.75, 3.05) is 46.4 Å². The van der Waals surface area contributed by atoms with Crippen LogP contribution in [0.2, 0.25) is 0 Å². The third kappa shape index (κ3) is 6.35. The molecule has 7 heteroatoms. The molecule has 0 saturated carbocycles. The molecule has 2 atom stereocenters. The SMILES string of the molecule is COC[C@H](CCN1CCCCC1)N1CCN(C(=O)OC(C)(C)C)C(C)C1=O. The summed E-state index contributed by atoms with van der Waals surface area (Å²) in [5.74, 6) is -0.0206. The largest absolute Gasteiger partial charge is 0.444 e. The van der Waals surface area contributed by atoms with Gasteiger partial charge >= 0.3 is 6.09 Å². The van der Waals surface area contributed by atoms with Crippen LogP contribution < -0.4 is 0 Å². The van der Waals surface area contributed by atoms with Crippen molar-refractivity contribution in [3.63, 3.8) is 0 Å². The summed E-state index contributed by atoms with van der Waals surface area (Å²) in [5.41, 5.74) is -0.565. The molecule has 0 N–H and O–H groups in total. The Hall–Kier alpha value is -1.34. The molecule has 2 aliphatic rings. The lowest BCUT2D eigenvalue weighted by Gasteiger charge is -2.43. The summed E-state index contributed by atoms with van der Waals surface area (Å²) < 4.78 is 10.9. The quantitative estimate of drug-likeness (QED) is 0.705. The summed E-state index contributed by atoms with van der Waals surface area (Å²) in [5, 5.41) is 0. The number of piperazine rings is 1. The molecule has 0 spiro atoms. The van der Waals surface area contributed by atoms with Crippen LogP contribution in [-0.2, 0) is 14.3 Å². The molecule has 0 radical (unpaired) electrons. The number of rotatable bonds is 6. The van der Waals surface area contributed by atoms with Gasteiger partial charge in [-0.05, 0) is 60.0 Å². The van der Waals surface area contributed by atoms with E-state index in [-0.39, 0.29) is 11.9 Å². The van der Waals surface area contributed by atoms with E-state index in [1.165, 1.54) is 19.3 Å². The van der Waals surface area contributed by atoms with Crippen molar-refractivity contribution in [3.05, 3.63) is 0 Å². The number of likely N-dealkylation sites (tertiary alicyclic amines) is 1. The summed E-state index contributed by atoms with van der Waals surface area (Å²) in [6, 6.07) is -0.462. The van der Waals surface area contributed by atoms with Crippen LogP contribution in [0.25, 0.3) is 0 Å². The number of methoxy groups -OCH3 is 1. The molecule has 0 aromatic rings. The van der Waals surface area contributed by atoms with Crippen molar-refractivity contribution in [1.29, 1.82) is 0 Å². The minimum Gasteiger partial charge on any atom is -0.444 e. The van der Waals surface area contributed by atoms with Gasteiger partial charge in [0.2, 0.25) is 5.91 Å². The first-order valence-electron chi connectivity index (χ1n) is 10.2. The number of amides is 2. The summed E-state index contributed by atoms with van der Waals surface area (Å²) in [7, 11) is 1.68. The predicted octanol–water partition coefficient (Wildman–Crippen LogP) is 2.35. The van der Waals surface area contributed by atoms with Gasteiger partial charge in [0.15, 0.2) is 0 Å². The van der Waals surface area contributed by atoms with Gasteiger partial charge in [-0.3, -0.25) is 9.69 Å². The molecule has 2 fully saturated rings. The van der Waals surface area contributed by atoms with E-state index < -0.39 is 17.7 Å². The van der Waals surface area contributed by atoms with Gasteiger partial charge < -0.3 is 19.3 Å². The van der Waals surface area contributed by atoms with Crippen molar-refractivity contribution in [2.24, 2.45) is 0 Å². The fraction of sp³-hybridized carbons (Fsp3) is 0.900. The molecule has 27 heavy (non-hydrogen) atoms. The first kappa shape index (κ1) is 22.0. The second kappa shape index (κ2) is 9.73. The lowest BCUT2D eigenvalue weighted by atomic mass is 10.1. The maximum absolute atomic E-state index is 13.0. The second-order valence-corrected chi connectivity index (χ2v) is 8.68. The van der Waals surface area contributed by atoms with Crippen LogP contribution in [0.4, 0.5) is 4.79 Å². The van der Waals surface area contributed by atoms with Crippen molar-refractivity contribution >= 4 is 12.0 Å². The Morgan fingerprint density at radius 1 is 1.15 bits per heavy atom. The molecule has 0 bridgehead atoms. The van der Waals surface area contributed by atoms with E-state index >= 15 is 0 Å². The van der Waals surface area contributed by atoms with Crippen LogP contribution in [0.3, 0.4) is 0 Å². The molecule has 7 nitrogen and oxygen atoms in total. The van der Waals surface area contributed by atoms with Gasteiger partial charge in [0, 0.05) is 26.7 Å². The fourth-order valence-corrected chi connectivity index (χ4v) is 3.86. The number of piperidine rings is 1. The van der Waals surface area contributed by atoms with Crippen LogP contribution in [0.15, 0.2) is 0 Å². The van der Waals surface area contributed by atoms with E-state index in [0.717, 1.165) is 26.1 Å². The van der Waals surface area contributed by atoms with E-state index in [1.54, 1.807) is 18.9 Å². The Morgan fingerprint density at radius 3 is 2.41 bits per heavy atom. The highest BCUT2D eigenvalue weighted by molar-refractivity contribution is 5.86. The molecule has 2 rings (SSSR count). The maximum Gasteiger partial charge on any atom is 0.411 e. The van der Waals surface area contributed by atoms with Gasteiger partial charge in [0.1, 0.15) is 11.6 Å². The number of ether oxygens (including phenoxy) is 2. The first-order chi connectivity index (χ1) is 12.7. The van der Waals surface area contributed by atoms with Gasteiger partial charge in [0.05, 0.1) is 12.6 Å². The van der Waals surface area contributed by atoms with Crippen LogP contribution in [-0.4, -0.2) is 90.8 Å². The zero-order valence-electron chi connectivity index (χ0n) is 17.7. The molecule has 0 aromatic carbocycles. The smallest absolute Gasteiger partial charge is 0.411 e. The number of carbonyl (C=O) groups is 2. The van der Waals surface area contributed by atoms with Crippen LogP contribution in [0.5, 0.6) is 0 Å². The predicted molar refractivity (Wildman–Crippen MR) is 105 cm³/mol. The highest BCUT2D eigenvalue weighted by Gasteiger charge is 2.39. The standard InChI is InChI=1S/C20H37N3O4/c1-16-18(24)23(14-13-22(16)19(25)27-20(2,3)4)17(15-26-5)9-12-21-10-7-6-8-11-21/h16-17H,6-15H2,1-5H3/t16?,17-/m0/s1. The average molecular weight is 384 g/mol. The maximum atomic E-state index is 13.0. The summed E-state index contributed by atoms with van der Waals surface area (Å²) in [4.78, 5) is 31.3. The minimum absolute atomic E-state index is 0.0206. The van der Waals surface area contributed by atoms with Crippen LogP contribution in [0.1, 0.15) is 53.4 Å². The molecular formula is C20H37N3O4. The van der Waals surface area contributed by atoms with Crippen molar-refractivity contribution < 1.29 is 19.1 Å². The average Bonchev–Trinajstić information content (AvgIpc) is 2.60. The number of nitrogens with zero attached hydrogens (tertiary/aromatic N) is 3. The Labute approximate surface area is 163 Å². The van der Waals surface area contributed by atoms with E-state index in [9.17, 15) is 9.59 Å². The molecule has 2 amide bonds. The lowest BCUT2D eigenvalue weighted by Crippen LogP contribution is -2.61. The summed E-state index contributed by atoms with van der Waals surface area (Å²) in [6.45, 7) is 12.1. The molecule has 0 aliphatic carbocycles. The zero-order valence-corrected chi connectivity index (χ0v) is 17.7. The van der Waals surface area contributed by atoms with Gasteiger partial charge in [-0.1, -0.05) is 6.42 Å². The van der Waals surface area contributed by atoms with Crippen LogP contribution in [0, 0.1) is 0 Å². The summed E-state index contributed by atoms with van der Waals surface area (Å²) >= 11 is 0. The third-order valence-corrected chi connectivity index (χ3v) is 5.34. The number of hydrogen-bond acceptors (Lipinski definition) is 5. The normalized spacial score (nSPS) is 23.4. The molecule has 1 unspecified atom stereocenters. The van der Waals surface area contributed by atoms with Crippen LogP contribution >= 0.6 is 0 Å². The third-order valence-electron chi connectivity index (χ3n) is 5.34. The second-order valence-electron chi connectivity index (χ2n) is 8.68. The topological polar surface area (TPSA) is 62.3 Å². The minimum atomic E-state index is -0.565. The van der Waals surface area contributed by atoms with E-state index in [0.29, 0.717) is 19.7 Å². The first-order valence-corrected chi connectivity index (χ1v) is 10.2. The monoisotopic (exact) mass is 383 g/mol. The zero-order chi connectivity index (χ0) is 20.0. The van der Waals surface area contributed by atoms with Crippen molar-refractivity contribution in [2.45, 2.75) is 71.1 Å². The Bertz CT molecular complexity index is 500. The van der Waals surface area contributed by atoms with E-state index in [4.69, 9.17) is 9.47 Å². The molecule has 2 heterocycles. The number of carbonyl (C=O) groups excluding carboxylic acids is 2. The van der Waals surface area contributed by atoms with Crippen molar-refractivity contribution in [1.82, 2.24) is 14.7 Å². The Kier molecular flexibility index (Phi) is 7.91. The fourth-order valence-electron chi connectivity index (χ4n) is 3.86.